The molecule has 1 heterocycles. The molecule has 0 fully saturated rings. The molecule has 0 bridgehead atoms. The summed E-state index contributed by atoms with van der Waals surface area (Å²) >= 11 is 1.25. The molecule has 26 heavy (non-hydrogen) atoms. The van der Waals surface area contributed by atoms with Crippen LogP contribution in [0.3, 0.4) is 0 Å². The van der Waals surface area contributed by atoms with Gasteiger partial charge in [-0.25, -0.2) is 4.98 Å². The first kappa shape index (κ1) is 17.9. The topological polar surface area (TPSA) is 77.2 Å². The lowest BCUT2D eigenvalue weighted by Gasteiger charge is -2.11. The van der Waals surface area contributed by atoms with Crippen molar-refractivity contribution >= 4 is 33.8 Å². The average molecular weight is 367 g/mol. The molecule has 6 heteroatoms. The third kappa shape index (κ3) is 3.41. The number of hydrogen-bond acceptors (Lipinski definition) is 6. The van der Waals surface area contributed by atoms with Crippen LogP contribution in [0, 0.1) is 6.92 Å². The van der Waals surface area contributed by atoms with Gasteiger partial charge in [0.25, 0.3) is 0 Å². The van der Waals surface area contributed by atoms with E-state index in [0.29, 0.717) is 21.3 Å². The molecule has 0 saturated heterocycles. The summed E-state index contributed by atoms with van der Waals surface area (Å²) in [6.45, 7) is 4.14. The van der Waals surface area contributed by atoms with Crippen LogP contribution >= 0.6 is 11.3 Å². The van der Waals surface area contributed by atoms with E-state index in [0.717, 1.165) is 17.7 Å². The lowest BCUT2D eigenvalue weighted by Crippen LogP contribution is -2.04. The van der Waals surface area contributed by atoms with E-state index in [4.69, 9.17) is 10.5 Å². The van der Waals surface area contributed by atoms with E-state index in [1.165, 1.54) is 16.9 Å². The third-order valence-corrected chi connectivity index (χ3v) is 5.17. The molecule has 0 atom stereocenters. The van der Waals surface area contributed by atoms with Crippen LogP contribution < -0.4 is 15.8 Å². The molecule has 0 unspecified atom stereocenters. The van der Waals surface area contributed by atoms with Crippen LogP contribution in [-0.2, 0) is 6.42 Å². The minimum Gasteiger partial charge on any atom is -0.496 e. The fourth-order valence-electron chi connectivity index (χ4n) is 2.81. The monoisotopic (exact) mass is 367 g/mol. The number of thiazole rings is 1. The number of carbonyl (C=O) groups excluding carboxylic acids is 1. The molecule has 0 aliphatic rings. The van der Waals surface area contributed by atoms with Gasteiger partial charge in [0.05, 0.1) is 12.7 Å². The second-order valence-corrected chi connectivity index (χ2v) is 6.85. The zero-order valence-corrected chi connectivity index (χ0v) is 15.8. The number of hydrogen-bond donors (Lipinski definition) is 2. The maximum absolute atomic E-state index is 12.9. The van der Waals surface area contributed by atoms with E-state index >= 15 is 0 Å². The smallest absolute Gasteiger partial charge is 0.210 e. The van der Waals surface area contributed by atoms with Crippen LogP contribution in [0.4, 0.5) is 16.6 Å². The van der Waals surface area contributed by atoms with Gasteiger partial charge in [0.1, 0.15) is 16.4 Å². The molecular weight excluding hydrogens is 346 g/mol. The number of nitrogens with two attached hydrogens (primary N) is 1. The van der Waals surface area contributed by atoms with Gasteiger partial charge in [-0.2, -0.15) is 0 Å². The van der Waals surface area contributed by atoms with Crippen molar-refractivity contribution in [3.8, 4) is 5.75 Å². The highest BCUT2D eigenvalue weighted by molar-refractivity contribution is 7.18. The summed E-state index contributed by atoms with van der Waals surface area (Å²) in [4.78, 5) is 17.6. The van der Waals surface area contributed by atoms with E-state index in [1.807, 2.05) is 25.1 Å². The molecule has 3 N–H and O–H groups in total. The molecule has 1 aromatic heterocycles. The number of rotatable bonds is 6. The van der Waals surface area contributed by atoms with Crippen molar-refractivity contribution in [2.75, 3.05) is 18.2 Å². The minimum absolute atomic E-state index is 0.189. The van der Waals surface area contributed by atoms with Crippen molar-refractivity contribution < 1.29 is 9.53 Å². The second kappa shape index (κ2) is 7.58. The lowest BCUT2D eigenvalue weighted by molar-refractivity contribution is 0.104. The van der Waals surface area contributed by atoms with Crippen molar-refractivity contribution in [2.24, 2.45) is 0 Å². The zero-order chi connectivity index (χ0) is 18.7. The number of aromatic nitrogens is 1. The molecule has 3 rings (SSSR count). The maximum Gasteiger partial charge on any atom is 0.210 e. The molecule has 0 amide bonds. The highest BCUT2D eigenvalue weighted by Crippen LogP contribution is 2.33. The number of para-hydroxylation sites is 2. The number of aryl methyl sites for hydroxylation is 2. The molecule has 0 aliphatic carbocycles. The van der Waals surface area contributed by atoms with Gasteiger partial charge in [0.15, 0.2) is 5.13 Å². The van der Waals surface area contributed by atoms with Crippen molar-refractivity contribution in [3.05, 3.63) is 64.0 Å². The summed E-state index contributed by atoms with van der Waals surface area (Å²) in [5.74, 6) is 0.554. The Bertz CT molecular complexity index is 950. The first-order valence-corrected chi connectivity index (χ1v) is 9.16. The molecule has 0 saturated carbocycles. The van der Waals surface area contributed by atoms with Crippen LogP contribution in [0.15, 0.2) is 42.5 Å². The van der Waals surface area contributed by atoms with Crippen LogP contribution in [-0.4, -0.2) is 17.9 Å². The lowest BCUT2D eigenvalue weighted by atomic mass is 10.1. The number of methoxy groups -OCH3 is 1. The molecule has 3 aromatic rings. The highest BCUT2D eigenvalue weighted by Gasteiger charge is 2.21. The number of ketones is 1. The summed E-state index contributed by atoms with van der Waals surface area (Å²) in [6, 6.07) is 13.3. The number of nitrogens with zero attached hydrogens (tertiary/aromatic N) is 1. The molecule has 5 nitrogen and oxygen atoms in total. The zero-order valence-electron chi connectivity index (χ0n) is 15.0. The summed E-state index contributed by atoms with van der Waals surface area (Å²) in [7, 11) is 1.54. The van der Waals surface area contributed by atoms with E-state index < -0.39 is 0 Å². The van der Waals surface area contributed by atoms with Gasteiger partial charge in [0.2, 0.25) is 5.78 Å². The van der Waals surface area contributed by atoms with Crippen molar-refractivity contribution in [1.29, 1.82) is 0 Å². The average Bonchev–Trinajstić information content (AvgIpc) is 3.03. The summed E-state index contributed by atoms with van der Waals surface area (Å²) < 4.78 is 5.28. The van der Waals surface area contributed by atoms with Gasteiger partial charge in [-0.05, 0) is 36.6 Å². The van der Waals surface area contributed by atoms with E-state index in [2.05, 4.69) is 23.3 Å². The molecule has 0 spiro atoms. The van der Waals surface area contributed by atoms with E-state index in [9.17, 15) is 4.79 Å². The second-order valence-electron chi connectivity index (χ2n) is 5.85. The van der Waals surface area contributed by atoms with Gasteiger partial charge in [0, 0.05) is 5.69 Å². The summed E-state index contributed by atoms with van der Waals surface area (Å²) in [5, 5.41) is 3.93. The van der Waals surface area contributed by atoms with Crippen molar-refractivity contribution in [1.82, 2.24) is 4.98 Å². The summed E-state index contributed by atoms with van der Waals surface area (Å²) in [6.07, 6.45) is 0.901. The van der Waals surface area contributed by atoms with Crippen LogP contribution in [0.25, 0.3) is 0 Å². The number of benzene rings is 2. The minimum atomic E-state index is -0.189. The third-order valence-electron chi connectivity index (χ3n) is 4.18. The Labute approximate surface area is 156 Å². The Morgan fingerprint density at radius 1 is 1.23 bits per heavy atom. The first-order chi connectivity index (χ1) is 12.5. The van der Waals surface area contributed by atoms with Crippen LogP contribution in [0.2, 0.25) is 0 Å². The largest absolute Gasteiger partial charge is 0.496 e. The quantitative estimate of drug-likeness (QED) is 0.624. The van der Waals surface area contributed by atoms with Gasteiger partial charge < -0.3 is 15.8 Å². The van der Waals surface area contributed by atoms with E-state index in [-0.39, 0.29) is 11.6 Å². The number of carbonyl (C=O) groups is 1. The summed E-state index contributed by atoms with van der Waals surface area (Å²) in [5.41, 5.74) is 9.83. The van der Waals surface area contributed by atoms with Crippen LogP contribution in [0.5, 0.6) is 5.75 Å². The SMILES string of the molecule is CCc1cccc(C)c1Nc1nc(N)c(C(=O)c2ccccc2OC)s1. The molecule has 0 radical (unpaired) electrons. The molecular formula is C20H21N3O2S. The fraction of sp³-hybridized carbons (Fsp3) is 0.200. The number of nitrogens with one attached hydrogen (secondary N) is 1. The maximum atomic E-state index is 12.9. The van der Waals surface area contributed by atoms with E-state index in [1.54, 1.807) is 25.3 Å². The predicted octanol–water partition coefficient (Wildman–Crippen LogP) is 4.58. The van der Waals surface area contributed by atoms with Crippen molar-refractivity contribution in [3.63, 3.8) is 0 Å². The molecule has 0 aliphatic heterocycles. The van der Waals surface area contributed by atoms with Gasteiger partial charge in [-0.3, -0.25) is 4.79 Å². The Morgan fingerprint density at radius 3 is 2.73 bits per heavy atom. The van der Waals surface area contributed by atoms with Gasteiger partial charge >= 0.3 is 0 Å². The van der Waals surface area contributed by atoms with Gasteiger partial charge in [-0.15, -0.1) is 0 Å². The standard InChI is InChI=1S/C20H21N3O2S/c1-4-13-9-7-8-12(2)16(13)22-20-23-19(21)18(26-20)17(24)14-10-5-6-11-15(14)25-3/h5-11H,4,21H2,1-3H3,(H,22,23). The highest BCUT2D eigenvalue weighted by atomic mass is 32.1. The Hall–Kier alpha value is -2.86. The Kier molecular flexibility index (Phi) is 5.23. The normalized spacial score (nSPS) is 10.6. The molecule has 134 valence electrons. The number of anilines is 3. The van der Waals surface area contributed by atoms with Crippen molar-refractivity contribution in [2.45, 2.75) is 20.3 Å². The van der Waals surface area contributed by atoms with Gasteiger partial charge in [-0.1, -0.05) is 48.6 Å². The Morgan fingerprint density at radius 2 is 2.00 bits per heavy atom. The predicted molar refractivity (Wildman–Crippen MR) is 107 cm³/mol. The van der Waals surface area contributed by atoms with Crippen LogP contribution in [0.1, 0.15) is 33.3 Å². The number of nitrogen functional groups attached to an aromatic ring is 1. The molecule has 2 aromatic carbocycles. The number of ether oxygens (including phenoxy) is 1. The first-order valence-electron chi connectivity index (χ1n) is 8.34. The fourth-order valence-corrected chi connectivity index (χ4v) is 3.65. The Balaban J connectivity index is 1.94.